The summed E-state index contributed by atoms with van der Waals surface area (Å²) in [5, 5.41) is 0. The van der Waals surface area contributed by atoms with Crippen molar-refractivity contribution in [1.82, 2.24) is 0 Å². The summed E-state index contributed by atoms with van der Waals surface area (Å²) in [6.45, 7) is 2.13. The van der Waals surface area contributed by atoms with E-state index in [1.54, 1.807) is 0 Å². The van der Waals surface area contributed by atoms with Gasteiger partial charge >= 0.3 is 0 Å². The van der Waals surface area contributed by atoms with Crippen molar-refractivity contribution in [3.63, 3.8) is 0 Å². The van der Waals surface area contributed by atoms with Crippen molar-refractivity contribution in [3.05, 3.63) is 0 Å². The third-order valence-corrected chi connectivity index (χ3v) is 3.19. The van der Waals surface area contributed by atoms with Gasteiger partial charge in [0, 0.05) is 6.42 Å². The lowest BCUT2D eigenvalue weighted by Gasteiger charge is -2.26. The van der Waals surface area contributed by atoms with Crippen LogP contribution in [-0.4, -0.2) is 24.1 Å². The van der Waals surface area contributed by atoms with Gasteiger partial charge in [-0.1, -0.05) is 6.92 Å². The first-order valence-corrected chi connectivity index (χ1v) is 5.77. The first-order valence-electron chi connectivity index (χ1n) is 5.77. The Morgan fingerprint density at radius 3 is 2.93 bits per heavy atom. The summed E-state index contributed by atoms with van der Waals surface area (Å²) in [5.74, 6) is 0.812. The van der Waals surface area contributed by atoms with Crippen LogP contribution in [0.1, 0.15) is 45.4 Å². The van der Waals surface area contributed by atoms with Gasteiger partial charge in [-0.15, -0.1) is 0 Å². The van der Waals surface area contributed by atoms with Crippen molar-refractivity contribution in [1.29, 1.82) is 0 Å². The molecule has 0 aromatic carbocycles. The summed E-state index contributed by atoms with van der Waals surface area (Å²) in [6.07, 6.45) is 7.64. The molecule has 2 saturated heterocycles. The Morgan fingerprint density at radius 2 is 2.14 bits per heavy atom. The molecule has 0 aliphatic carbocycles. The average Bonchev–Trinajstić information content (AvgIpc) is 2.54. The molecule has 2 aliphatic heterocycles. The lowest BCUT2D eigenvalue weighted by molar-refractivity contribution is -0.00638. The first-order chi connectivity index (χ1) is 6.79. The summed E-state index contributed by atoms with van der Waals surface area (Å²) >= 11 is 0. The van der Waals surface area contributed by atoms with Crippen LogP contribution < -0.4 is 5.73 Å². The second kappa shape index (κ2) is 4.30. The molecule has 2 aliphatic rings. The largest absolute Gasteiger partial charge is 0.387 e. The van der Waals surface area contributed by atoms with Crippen molar-refractivity contribution >= 4 is 5.84 Å². The Morgan fingerprint density at radius 1 is 1.36 bits per heavy atom. The predicted molar refractivity (Wildman–Crippen MR) is 57.4 cm³/mol. The van der Waals surface area contributed by atoms with Gasteiger partial charge in [0.25, 0.3) is 0 Å². The van der Waals surface area contributed by atoms with Gasteiger partial charge in [0.1, 0.15) is 0 Å². The molecule has 0 radical (unpaired) electrons. The zero-order valence-corrected chi connectivity index (χ0v) is 8.91. The molecule has 3 heteroatoms. The van der Waals surface area contributed by atoms with Gasteiger partial charge in [0.15, 0.2) is 0 Å². The molecule has 3 nitrogen and oxygen atoms in total. The summed E-state index contributed by atoms with van der Waals surface area (Å²) in [6, 6.07) is 0.347. The molecule has 2 heterocycles. The molecule has 2 rings (SSSR count). The fraction of sp³-hybridized carbons (Fsp3) is 0.909. The molecule has 14 heavy (non-hydrogen) atoms. The lowest BCUT2D eigenvalue weighted by atomic mass is 10.0. The van der Waals surface area contributed by atoms with Crippen molar-refractivity contribution in [3.8, 4) is 0 Å². The zero-order valence-electron chi connectivity index (χ0n) is 8.91. The van der Waals surface area contributed by atoms with Crippen LogP contribution in [0.25, 0.3) is 0 Å². The summed E-state index contributed by atoms with van der Waals surface area (Å²) < 4.78 is 5.83. The fourth-order valence-electron chi connectivity index (χ4n) is 2.45. The number of rotatable bonds is 3. The highest BCUT2D eigenvalue weighted by atomic mass is 16.5. The number of nitrogens with two attached hydrogens (primary N) is 1. The van der Waals surface area contributed by atoms with Crippen LogP contribution in [0.3, 0.4) is 0 Å². The van der Waals surface area contributed by atoms with Crippen LogP contribution in [0.15, 0.2) is 4.99 Å². The van der Waals surface area contributed by atoms with E-state index in [2.05, 4.69) is 11.9 Å². The molecule has 0 amide bonds. The van der Waals surface area contributed by atoms with E-state index in [1.807, 2.05) is 0 Å². The number of nitrogens with zero attached hydrogens (tertiary/aromatic N) is 1. The molecule has 3 atom stereocenters. The number of hydrogen-bond donors (Lipinski definition) is 1. The molecule has 0 aromatic heterocycles. The van der Waals surface area contributed by atoms with E-state index < -0.39 is 0 Å². The molecule has 0 saturated carbocycles. The zero-order chi connectivity index (χ0) is 9.97. The van der Waals surface area contributed by atoms with Crippen molar-refractivity contribution in [2.45, 2.75) is 63.7 Å². The number of amidine groups is 1. The van der Waals surface area contributed by atoms with Gasteiger partial charge in [-0.2, -0.15) is 0 Å². The van der Waals surface area contributed by atoms with E-state index in [9.17, 15) is 0 Å². The Bertz CT molecular complexity index is 227. The van der Waals surface area contributed by atoms with Crippen LogP contribution in [-0.2, 0) is 4.74 Å². The van der Waals surface area contributed by atoms with Gasteiger partial charge in [0.2, 0.25) is 0 Å². The number of hydrogen-bond acceptors (Lipinski definition) is 2. The van der Waals surface area contributed by atoms with E-state index in [4.69, 9.17) is 10.5 Å². The van der Waals surface area contributed by atoms with Gasteiger partial charge in [-0.25, -0.2) is 0 Å². The highest BCUT2D eigenvalue weighted by molar-refractivity contribution is 5.80. The molecule has 0 spiro atoms. The van der Waals surface area contributed by atoms with Gasteiger partial charge in [0.05, 0.1) is 24.1 Å². The molecule has 0 aromatic rings. The Hall–Kier alpha value is -0.570. The summed E-state index contributed by atoms with van der Waals surface area (Å²) in [5.41, 5.74) is 5.84. The molecule has 80 valence electrons. The maximum Gasteiger partial charge on any atom is 0.0941 e. The third-order valence-electron chi connectivity index (χ3n) is 3.19. The Kier molecular flexibility index (Phi) is 3.06. The van der Waals surface area contributed by atoms with Crippen LogP contribution in [0.2, 0.25) is 0 Å². The van der Waals surface area contributed by atoms with Gasteiger partial charge < -0.3 is 10.5 Å². The Balaban J connectivity index is 1.94. The molecule has 2 fully saturated rings. The Labute approximate surface area is 85.7 Å². The maximum absolute atomic E-state index is 5.84. The highest BCUT2D eigenvalue weighted by Gasteiger charge is 2.36. The quantitative estimate of drug-likeness (QED) is 0.553. The molecule has 2 N–H and O–H groups in total. The topological polar surface area (TPSA) is 47.6 Å². The lowest BCUT2D eigenvalue weighted by Crippen LogP contribution is -2.32. The highest BCUT2D eigenvalue weighted by Crippen LogP contribution is 2.34. The maximum atomic E-state index is 5.84. The van der Waals surface area contributed by atoms with E-state index in [0.717, 1.165) is 18.7 Å². The standard InChI is InChI=1S/C11H20N2O/c1-2-3-11(12)13-9-6-4-8-5-7-10(9)14-8/h8-10H,2-7H2,1H3,(H2,12,13). The van der Waals surface area contributed by atoms with E-state index >= 15 is 0 Å². The molecule has 2 bridgehead atoms. The second-order valence-electron chi connectivity index (χ2n) is 4.39. The minimum absolute atomic E-state index is 0.347. The number of aliphatic imine (C=N–C) groups is 1. The monoisotopic (exact) mass is 196 g/mol. The van der Waals surface area contributed by atoms with Crippen LogP contribution in [0.5, 0.6) is 0 Å². The molecule has 3 unspecified atom stereocenters. The predicted octanol–water partition coefficient (Wildman–Crippen LogP) is 1.85. The average molecular weight is 196 g/mol. The summed E-state index contributed by atoms with van der Waals surface area (Å²) in [7, 11) is 0. The molecular weight excluding hydrogens is 176 g/mol. The molecular formula is C11H20N2O. The minimum Gasteiger partial charge on any atom is -0.387 e. The van der Waals surface area contributed by atoms with Crippen molar-refractivity contribution in [2.75, 3.05) is 0 Å². The fourth-order valence-corrected chi connectivity index (χ4v) is 2.45. The van der Waals surface area contributed by atoms with Crippen LogP contribution >= 0.6 is 0 Å². The number of fused-ring (bicyclic) bond motifs is 2. The van der Waals surface area contributed by atoms with E-state index in [1.165, 1.54) is 25.7 Å². The van der Waals surface area contributed by atoms with Crippen molar-refractivity contribution in [2.24, 2.45) is 10.7 Å². The number of ether oxygens (including phenoxy) is 1. The van der Waals surface area contributed by atoms with Crippen molar-refractivity contribution < 1.29 is 4.74 Å². The van der Waals surface area contributed by atoms with Gasteiger partial charge in [-0.05, 0) is 32.1 Å². The van der Waals surface area contributed by atoms with E-state index in [0.29, 0.717) is 18.2 Å². The minimum atomic E-state index is 0.347. The SMILES string of the molecule is CCCC(N)=NC1CCC2CCC1O2. The normalized spacial score (nSPS) is 37.5. The smallest absolute Gasteiger partial charge is 0.0941 e. The van der Waals surface area contributed by atoms with E-state index in [-0.39, 0.29) is 0 Å². The van der Waals surface area contributed by atoms with Crippen LogP contribution in [0, 0.1) is 0 Å². The first kappa shape index (κ1) is 9.97. The summed E-state index contributed by atoms with van der Waals surface area (Å²) in [4.78, 5) is 4.57. The van der Waals surface area contributed by atoms with Gasteiger partial charge in [-0.3, -0.25) is 4.99 Å². The van der Waals surface area contributed by atoms with Crippen LogP contribution in [0.4, 0.5) is 0 Å². The second-order valence-corrected chi connectivity index (χ2v) is 4.39. The third kappa shape index (κ3) is 2.08.